The number of Topliss-reactive ketones (excluding diaryl/α,β-unsaturated/α-hetero) is 1. The zero-order chi connectivity index (χ0) is 16.6. The minimum atomic E-state index is -0.470. The van der Waals surface area contributed by atoms with E-state index >= 15 is 0 Å². The van der Waals surface area contributed by atoms with Crippen LogP contribution in [0.2, 0.25) is 0 Å². The zero-order valence-corrected chi connectivity index (χ0v) is 14.2. The van der Waals surface area contributed by atoms with Crippen LogP contribution < -0.4 is 0 Å². The molecule has 0 heterocycles. The van der Waals surface area contributed by atoms with Crippen LogP contribution in [0.3, 0.4) is 0 Å². The number of carbonyl (C=O) groups is 1. The van der Waals surface area contributed by atoms with Crippen molar-refractivity contribution < 1.29 is 20.1 Å². The number of hydrogen-bond donors (Lipinski definition) is 3. The summed E-state index contributed by atoms with van der Waals surface area (Å²) >= 11 is 0. The van der Waals surface area contributed by atoms with Gasteiger partial charge in [-0.15, -0.1) is 0 Å². The van der Waals surface area contributed by atoms with E-state index in [1.165, 1.54) is 0 Å². The first kappa shape index (κ1) is 16.0. The summed E-state index contributed by atoms with van der Waals surface area (Å²) in [5.74, 6) is 0.689. The van der Waals surface area contributed by atoms with Crippen molar-refractivity contribution in [2.75, 3.05) is 0 Å². The molecule has 0 unspecified atom stereocenters. The van der Waals surface area contributed by atoms with Gasteiger partial charge in [0.2, 0.25) is 0 Å². The van der Waals surface area contributed by atoms with Crippen LogP contribution in [-0.4, -0.2) is 39.4 Å². The van der Waals surface area contributed by atoms with E-state index in [0.717, 1.165) is 19.3 Å². The lowest BCUT2D eigenvalue weighted by molar-refractivity contribution is -0.179. The van der Waals surface area contributed by atoms with Crippen molar-refractivity contribution in [3.8, 4) is 0 Å². The van der Waals surface area contributed by atoms with Gasteiger partial charge in [-0.1, -0.05) is 13.8 Å². The van der Waals surface area contributed by atoms with Gasteiger partial charge in [0.1, 0.15) is 5.78 Å². The van der Waals surface area contributed by atoms with Crippen molar-refractivity contribution in [1.82, 2.24) is 0 Å². The lowest BCUT2D eigenvalue weighted by Gasteiger charge is -2.60. The summed E-state index contributed by atoms with van der Waals surface area (Å²) in [6, 6.07) is 0. The number of aliphatic hydroxyl groups is 3. The van der Waals surface area contributed by atoms with E-state index < -0.39 is 6.10 Å². The van der Waals surface area contributed by atoms with Crippen LogP contribution in [-0.2, 0) is 4.79 Å². The lowest BCUT2D eigenvalue weighted by atomic mass is 9.44. The fraction of sp³-hybridized carbons (Fsp3) is 0.947. The Labute approximate surface area is 138 Å². The first-order valence-electron chi connectivity index (χ1n) is 9.31. The lowest BCUT2D eigenvalue weighted by Crippen LogP contribution is -2.61. The number of fused-ring (bicyclic) bond motifs is 5. The van der Waals surface area contributed by atoms with Crippen LogP contribution in [0.1, 0.15) is 58.8 Å². The average Bonchev–Trinajstić information content (AvgIpc) is 2.74. The largest absolute Gasteiger partial charge is 0.393 e. The maximum absolute atomic E-state index is 13.1. The van der Waals surface area contributed by atoms with E-state index in [2.05, 4.69) is 13.8 Å². The molecule has 0 saturated heterocycles. The van der Waals surface area contributed by atoms with Crippen LogP contribution in [0, 0.1) is 34.5 Å². The molecule has 0 aliphatic heterocycles. The molecule has 9 atom stereocenters. The molecule has 0 aromatic heterocycles. The standard InChI is InChI=1S/C19H30O4/c1-18-8-12(21)7-13(18)16-14(22)6-10-5-11(20)3-4-19(10,2)17(16)15(23)9-18/h10-14,16-17,20-22H,3-9H2,1-2H3/t10-,11-,12+,13+,14-,16-,17-,18+,19-/m1/s1. The Hall–Kier alpha value is -0.450. The Balaban J connectivity index is 1.73. The normalized spacial score (nSPS) is 59.2. The predicted octanol–water partition coefficient (Wildman–Crippen LogP) is 1.90. The van der Waals surface area contributed by atoms with Gasteiger partial charge in [0.05, 0.1) is 18.3 Å². The number of aliphatic hydroxyl groups excluding tert-OH is 3. The second kappa shape index (κ2) is 5.03. The van der Waals surface area contributed by atoms with Gasteiger partial charge in [0.25, 0.3) is 0 Å². The quantitative estimate of drug-likeness (QED) is 0.636. The highest BCUT2D eigenvalue weighted by molar-refractivity contribution is 5.84. The van der Waals surface area contributed by atoms with Gasteiger partial charge in [-0.3, -0.25) is 4.79 Å². The monoisotopic (exact) mass is 322 g/mol. The molecular formula is C19H30O4. The second-order valence-corrected chi connectivity index (χ2v) is 9.49. The van der Waals surface area contributed by atoms with E-state index in [0.29, 0.717) is 31.5 Å². The molecule has 23 heavy (non-hydrogen) atoms. The topological polar surface area (TPSA) is 77.8 Å². The molecule has 4 fully saturated rings. The molecule has 3 N–H and O–H groups in total. The molecule has 4 heteroatoms. The fourth-order valence-electron chi connectivity index (χ4n) is 7.05. The Morgan fingerprint density at radius 3 is 2.52 bits per heavy atom. The van der Waals surface area contributed by atoms with Gasteiger partial charge >= 0.3 is 0 Å². The maximum Gasteiger partial charge on any atom is 0.137 e. The molecule has 0 aromatic carbocycles. The summed E-state index contributed by atoms with van der Waals surface area (Å²) in [4.78, 5) is 13.1. The Bertz CT molecular complexity index is 519. The molecule has 4 aliphatic rings. The van der Waals surface area contributed by atoms with E-state index in [1.54, 1.807) is 0 Å². The third kappa shape index (κ3) is 2.17. The van der Waals surface area contributed by atoms with E-state index in [9.17, 15) is 20.1 Å². The molecule has 0 bridgehead atoms. The molecule has 130 valence electrons. The summed E-state index contributed by atoms with van der Waals surface area (Å²) in [7, 11) is 0. The first-order valence-corrected chi connectivity index (χ1v) is 9.31. The highest BCUT2D eigenvalue weighted by Crippen LogP contribution is 2.65. The summed E-state index contributed by atoms with van der Waals surface area (Å²) in [5.41, 5.74) is -0.231. The molecule has 0 spiro atoms. The van der Waals surface area contributed by atoms with Crippen molar-refractivity contribution in [2.24, 2.45) is 34.5 Å². The number of hydrogen-bond acceptors (Lipinski definition) is 4. The van der Waals surface area contributed by atoms with Crippen molar-refractivity contribution in [3.63, 3.8) is 0 Å². The second-order valence-electron chi connectivity index (χ2n) is 9.49. The van der Waals surface area contributed by atoms with Crippen molar-refractivity contribution in [1.29, 1.82) is 0 Å². The van der Waals surface area contributed by atoms with Crippen molar-refractivity contribution in [2.45, 2.75) is 77.1 Å². The molecule has 4 nitrogen and oxygen atoms in total. The predicted molar refractivity (Wildman–Crippen MR) is 85.5 cm³/mol. The molecule has 0 radical (unpaired) electrons. The third-order valence-electron chi connectivity index (χ3n) is 8.08. The van der Waals surface area contributed by atoms with Crippen LogP contribution in [0.25, 0.3) is 0 Å². The van der Waals surface area contributed by atoms with E-state index in [4.69, 9.17) is 0 Å². The van der Waals surface area contributed by atoms with Gasteiger partial charge in [0.15, 0.2) is 0 Å². The highest BCUT2D eigenvalue weighted by Gasteiger charge is 2.64. The van der Waals surface area contributed by atoms with Crippen LogP contribution >= 0.6 is 0 Å². The summed E-state index contributed by atoms with van der Waals surface area (Å²) in [5, 5.41) is 31.1. The number of carbonyl (C=O) groups excluding carboxylic acids is 1. The maximum atomic E-state index is 13.1. The summed E-state index contributed by atoms with van der Waals surface area (Å²) < 4.78 is 0. The fourth-order valence-corrected chi connectivity index (χ4v) is 7.05. The smallest absolute Gasteiger partial charge is 0.137 e. The van der Waals surface area contributed by atoms with Gasteiger partial charge in [-0.05, 0) is 67.1 Å². The van der Waals surface area contributed by atoms with Gasteiger partial charge < -0.3 is 15.3 Å². The SMILES string of the molecule is C[C@]12CC(=O)[C@@H]3[C@@H]([C@H](O)C[C@H]4C[C@H](O)CC[C@]43C)[C@@H]1C[C@H](O)C2. The number of rotatable bonds is 0. The molecular weight excluding hydrogens is 292 g/mol. The van der Waals surface area contributed by atoms with Crippen molar-refractivity contribution in [3.05, 3.63) is 0 Å². The van der Waals surface area contributed by atoms with Gasteiger partial charge in [-0.25, -0.2) is 0 Å². The van der Waals surface area contributed by atoms with E-state index in [-0.39, 0.29) is 46.7 Å². The third-order valence-corrected chi connectivity index (χ3v) is 8.08. The van der Waals surface area contributed by atoms with Gasteiger partial charge in [-0.2, -0.15) is 0 Å². The molecule has 0 aromatic rings. The summed E-state index contributed by atoms with van der Waals surface area (Å²) in [6.45, 7) is 4.35. The Morgan fingerprint density at radius 1 is 1.04 bits per heavy atom. The minimum Gasteiger partial charge on any atom is -0.393 e. The van der Waals surface area contributed by atoms with Crippen LogP contribution in [0.4, 0.5) is 0 Å². The number of ketones is 1. The minimum absolute atomic E-state index is 0.00473. The molecule has 4 aliphatic carbocycles. The van der Waals surface area contributed by atoms with Crippen molar-refractivity contribution >= 4 is 5.78 Å². The van der Waals surface area contributed by atoms with Crippen LogP contribution in [0.15, 0.2) is 0 Å². The summed E-state index contributed by atoms with van der Waals surface area (Å²) in [6.07, 6.45) is 3.95. The van der Waals surface area contributed by atoms with Gasteiger partial charge in [0, 0.05) is 12.3 Å². The Kier molecular flexibility index (Phi) is 3.51. The molecule has 0 amide bonds. The molecule has 4 rings (SSSR count). The average molecular weight is 322 g/mol. The first-order chi connectivity index (χ1) is 10.7. The molecule has 4 saturated carbocycles. The Morgan fingerprint density at radius 2 is 1.78 bits per heavy atom. The van der Waals surface area contributed by atoms with Crippen LogP contribution in [0.5, 0.6) is 0 Å². The highest BCUT2D eigenvalue weighted by atomic mass is 16.3. The van der Waals surface area contributed by atoms with E-state index in [1.807, 2.05) is 0 Å². The zero-order valence-electron chi connectivity index (χ0n) is 14.2.